The van der Waals surface area contributed by atoms with E-state index in [0.29, 0.717) is 10.2 Å². The maximum atomic E-state index is 13.8. The number of benzene rings is 2. The summed E-state index contributed by atoms with van der Waals surface area (Å²) in [4.78, 5) is 52.8. The van der Waals surface area contributed by atoms with Crippen LogP contribution >= 0.6 is 22.9 Å². The van der Waals surface area contributed by atoms with Crippen LogP contribution < -0.4 is 16.2 Å². The van der Waals surface area contributed by atoms with Gasteiger partial charge in [-0.15, -0.1) is 0 Å². The molecule has 1 aliphatic rings. The lowest BCUT2D eigenvalue weighted by molar-refractivity contribution is 0.0819. The summed E-state index contributed by atoms with van der Waals surface area (Å²) in [6.45, 7) is 0. The van der Waals surface area contributed by atoms with Crippen LogP contribution in [0.4, 0.5) is 15.2 Å². The van der Waals surface area contributed by atoms with Crippen molar-refractivity contribution < 1.29 is 14.0 Å². The lowest BCUT2D eigenvalue weighted by atomic mass is 9.94. The van der Waals surface area contributed by atoms with Gasteiger partial charge < -0.3 is 15.5 Å². The van der Waals surface area contributed by atoms with Gasteiger partial charge in [-0.2, -0.15) is 0 Å². The molecule has 0 radical (unpaired) electrons. The first-order valence-corrected chi connectivity index (χ1v) is 13.4. The summed E-state index contributed by atoms with van der Waals surface area (Å²) in [6.07, 6.45) is 5.49. The first-order chi connectivity index (χ1) is 18.1. The molecular weight excluding hydrogens is 531 g/mol. The molecule has 4 aromatic rings. The van der Waals surface area contributed by atoms with Crippen molar-refractivity contribution in [2.45, 2.75) is 38.1 Å². The van der Waals surface area contributed by atoms with Crippen LogP contribution in [-0.4, -0.2) is 58.4 Å². The lowest BCUT2D eigenvalue weighted by Gasteiger charge is -2.33. The Labute approximate surface area is 226 Å². The van der Waals surface area contributed by atoms with Gasteiger partial charge in [0.2, 0.25) is 0 Å². The highest BCUT2D eigenvalue weighted by Crippen LogP contribution is 2.39. The zero-order valence-electron chi connectivity index (χ0n) is 21.1. The van der Waals surface area contributed by atoms with Crippen LogP contribution in [0.15, 0.2) is 29.1 Å². The number of halogens is 2. The van der Waals surface area contributed by atoms with Crippen LogP contribution in [0.25, 0.3) is 21.3 Å². The van der Waals surface area contributed by atoms with Crippen molar-refractivity contribution in [2.75, 3.05) is 31.8 Å². The average molecular weight is 557 g/mol. The molecule has 0 atom stereocenters. The molecule has 9 nitrogen and oxygen atoms in total. The molecule has 1 saturated carbocycles. The summed E-state index contributed by atoms with van der Waals surface area (Å²) in [5.41, 5.74) is 6.55. The van der Waals surface area contributed by atoms with E-state index in [-0.39, 0.29) is 32.8 Å². The molecule has 0 spiro atoms. The van der Waals surface area contributed by atoms with Crippen molar-refractivity contribution in [3.63, 3.8) is 0 Å². The quantitative estimate of drug-likeness (QED) is 0.392. The minimum atomic E-state index is -0.900. The van der Waals surface area contributed by atoms with E-state index in [1.54, 1.807) is 6.07 Å². The van der Waals surface area contributed by atoms with E-state index in [1.807, 2.05) is 7.05 Å². The van der Waals surface area contributed by atoms with Crippen LogP contribution in [0.2, 0.25) is 5.02 Å². The molecule has 0 aliphatic heterocycles. The highest BCUT2D eigenvalue weighted by molar-refractivity contribution is 7.23. The first-order valence-electron chi connectivity index (χ1n) is 12.2. The maximum absolute atomic E-state index is 13.8. The molecule has 2 aromatic heterocycles. The van der Waals surface area contributed by atoms with Gasteiger partial charge in [-0.3, -0.25) is 14.4 Å². The van der Waals surface area contributed by atoms with Crippen LogP contribution in [-0.2, 0) is 0 Å². The third-order valence-electron chi connectivity index (χ3n) is 6.96. The molecule has 0 bridgehead atoms. The van der Waals surface area contributed by atoms with Gasteiger partial charge in [0.15, 0.2) is 10.8 Å². The fourth-order valence-corrected chi connectivity index (χ4v) is 6.03. The minimum absolute atomic E-state index is 0.0247. The summed E-state index contributed by atoms with van der Waals surface area (Å²) >= 11 is 7.06. The number of amides is 1. The van der Waals surface area contributed by atoms with E-state index in [2.05, 4.69) is 14.9 Å². The number of anilines is 2. The molecule has 2 N–H and O–H groups in total. The van der Waals surface area contributed by atoms with Crippen LogP contribution in [0.1, 0.15) is 53.0 Å². The number of rotatable bonds is 4. The Kier molecular flexibility index (Phi) is 6.83. The van der Waals surface area contributed by atoms with Crippen LogP contribution in [0, 0.1) is 5.82 Å². The third kappa shape index (κ3) is 4.39. The molecule has 1 fully saturated rings. The number of hydrogen-bond donors (Lipinski definition) is 1. The van der Waals surface area contributed by atoms with E-state index in [4.69, 9.17) is 17.3 Å². The Hall–Kier alpha value is -3.57. The number of nitrogen functional groups attached to an aromatic ring is 1. The summed E-state index contributed by atoms with van der Waals surface area (Å²) in [7, 11) is 4.98. The molecule has 198 valence electrons. The van der Waals surface area contributed by atoms with Gasteiger partial charge in [-0.1, -0.05) is 42.2 Å². The predicted octanol–water partition coefficient (Wildman–Crippen LogP) is 4.54. The molecule has 1 aliphatic carbocycles. The van der Waals surface area contributed by atoms with Gasteiger partial charge in [0.05, 0.1) is 26.4 Å². The summed E-state index contributed by atoms with van der Waals surface area (Å²) < 4.78 is 15.2. The summed E-state index contributed by atoms with van der Waals surface area (Å²) in [6, 6.07) is 5.46. The summed E-state index contributed by atoms with van der Waals surface area (Å²) in [5, 5.41) is -0.00839. The second-order valence-corrected chi connectivity index (χ2v) is 11.1. The third-order valence-corrected chi connectivity index (χ3v) is 8.14. The molecule has 38 heavy (non-hydrogen) atoms. The van der Waals surface area contributed by atoms with Gasteiger partial charge in [-0.25, -0.2) is 18.9 Å². The van der Waals surface area contributed by atoms with Crippen molar-refractivity contribution in [1.29, 1.82) is 0 Å². The number of carbonyl (C=O) groups is 2. The summed E-state index contributed by atoms with van der Waals surface area (Å²) in [5.74, 6) is -2.13. The Morgan fingerprint density at radius 3 is 2.50 bits per heavy atom. The average Bonchev–Trinajstić information content (AvgIpc) is 3.30. The Balaban J connectivity index is 1.85. The van der Waals surface area contributed by atoms with Gasteiger partial charge in [-0.05, 0) is 37.1 Å². The lowest BCUT2D eigenvalue weighted by Crippen LogP contribution is -2.37. The van der Waals surface area contributed by atoms with Crippen molar-refractivity contribution in [3.8, 4) is 0 Å². The Morgan fingerprint density at radius 1 is 1.13 bits per heavy atom. The van der Waals surface area contributed by atoms with Crippen molar-refractivity contribution in [1.82, 2.24) is 19.4 Å². The molecular formula is C26H26ClFN6O3S. The number of fused-ring (bicyclic) bond motifs is 3. The predicted molar refractivity (Wildman–Crippen MR) is 148 cm³/mol. The number of nitrogens with two attached hydrogens (primary N) is 1. The van der Waals surface area contributed by atoms with Crippen molar-refractivity contribution in [2.24, 2.45) is 0 Å². The second kappa shape index (κ2) is 9.95. The number of nitrogens with zero attached hydrogens (tertiary/aromatic N) is 5. The molecule has 0 saturated heterocycles. The highest BCUT2D eigenvalue weighted by Gasteiger charge is 2.28. The fraction of sp³-hybridized carbons (Fsp3) is 0.346. The first kappa shape index (κ1) is 26.1. The van der Waals surface area contributed by atoms with Crippen LogP contribution in [0.3, 0.4) is 0 Å². The Bertz CT molecular complexity index is 1660. The van der Waals surface area contributed by atoms with Gasteiger partial charge in [0, 0.05) is 32.7 Å². The monoisotopic (exact) mass is 556 g/mol. The number of aromatic nitrogens is 3. The maximum Gasteiger partial charge on any atom is 0.289 e. The van der Waals surface area contributed by atoms with Crippen molar-refractivity contribution in [3.05, 3.63) is 56.7 Å². The molecule has 1 amide bonds. The van der Waals surface area contributed by atoms with E-state index < -0.39 is 28.9 Å². The standard InChI is InChI=1S/C26H26ClFN6O3S/c1-32(2)24(36)20-25(37)34(23(35)13-9-10-16(28)15(27)11-13)21-17(30-20)12-18(19-22(21)38-26(29)31-19)33(3)14-7-5-4-6-8-14/h9-12,14H,4-8H2,1-3H3,(H2,29,31). The van der Waals surface area contributed by atoms with Gasteiger partial charge >= 0.3 is 0 Å². The van der Waals surface area contributed by atoms with E-state index >= 15 is 0 Å². The molecule has 0 unspecified atom stereocenters. The molecule has 2 aromatic carbocycles. The highest BCUT2D eigenvalue weighted by atomic mass is 35.5. The SMILES string of the molecule is CN(C)C(=O)c1nc2cc(N(C)C3CCCCC3)c3nc(N)sc3c2n(C(=O)c2ccc(F)c(Cl)c2)c1=O. The topological polar surface area (TPSA) is 114 Å². The molecule has 12 heteroatoms. The largest absolute Gasteiger partial charge is 0.375 e. The smallest absolute Gasteiger partial charge is 0.289 e. The van der Waals surface area contributed by atoms with Gasteiger partial charge in [0.1, 0.15) is 11.3 Å². The van der Waals surface area contributed by atoms with Crippen LogP contribution in [0.5, 0.6) is 0 Å². The number of hydrogen-bond acceptors (Lipinski definition) is 8. The number of carbonyl (C=O) groups excluding carboxylic acids is 2. The second-order valence-electron chi connectivity index (χ2n) is 9.63. The van der Waals surface area contributed by atoms with Gasteiger partial charge in [0.25, 0.3) is 17.4 Å². The Morgan fingerprint density at radius 2 is 1.84 bits per heavy atom. The van der Waals surface area contributed by atoms with E-state index in [9.17, 15) is 18.8 Å². The van der Waals surface area contributed by atoms with E-state index in [1.165, 1.54) is 31.5 Å². The zero-order valence-corrected chi connectivity index (χ0v) is 22.7. The molecule has 2 heterocycles. The fourth-order valence-electron chi connectivity index (χ4n) is 4.97. The van der Waals surface area contributed by atoms with E-state index in [0.717, 1.165) is 59.4 Å². The minimum Gasteiger partial charge on any atom is -0.375 e. The number of thiazole rings is 1. The van der Waals surface area contributed by atoms with Crippen molar-refractivity contribution >= 4 is 66.8 Å². The zero-order chi connectivity index (χ0) is 27.3. The normalized spacial score (nSPS) is 14.2. The molecule has 5 rings (SSSR count).